The van der Waals surface area contributed by atoms with Crippen LogP contribution in [0.25, 0.3) is 11.0 Å². The summed E-state index contributed by atoms with van der Waals surface area (Å²) in [5.41, 5.74) is 6.16. The van der Waals surface area contributed by atoms with Gasteiger partial charge in [0.15, 0.2) is 5.75 Å². The van der Waals surface area contributed by atoms with Crippen molar-refractivity contribution in [2.75, 3.05) is 25.1 Å². The molecule has 2 aromatic heterocycles. The van der Waals surface area contributed by atoms with E-state index in [0.717, 1.165) is 45.0 Å². The third kappa shape index (κ3) is 5.16. The number of aromatic nitrogens is 2. The Morgan fingerprint density at radius 3 is 2.67 bits per heavy atom. The lowest BCUT2D eigenvalue weighted by Gasteiger charge is -2.46. The summed E-state index contributed by atoms with van der Waals surface area (Å²) in [6, 6.07) is 11.1. The summed E-state index contributed by atoms with van der Waals surface area (Å²) in [6.45, 7) is 2.16. The molecule has 1 saturated carbocycles. The number of rotatable bonds is 9. The second-order valence-electron chi connectivity index (χ2n) is 10.9. The Morgan fingerprint density at radius 2 is 1.98 bits per heavy atom. The number of hydrogen-bond acceptors (Lipinski definition) is 9. The topological polar surface area (TPSA) is 180 Å². The second kappa shape index (κ2) is 10.7. The molecule has 0 bridgehead atoms. The summed E-state index contributed by atoms with van der Waals surface area (Å²) >= 11 is 0. The molecule has 0 unspecified atom stereocenters. The lowest BCUT2D eigenvalue weighted by Crippen LogP contribution is -2.45. The molecule has 1 amide bonds. The minimum Gasteiger partial charge on any atom is -0.453 e. The summed E-state index contributed by atoms with van der Waals surface area (Å²) in [6.07, 6.45) is 7.22. The Morgan fingerprint density at radius 1 is 1.19 bits per heavy atom. The van der Waals surface area contributed by atoms with Gasteiger partial charge >= 0.3 is 0 Å². The largest absolute Gasteiger partial charge is 0.453 e. The van der Waals surface area contributed by atoms with Crippen LogP contribution in [0.4, 0.5) is 11.4 Å². The maximum atomic E-state index is 13.9. The fraction of sp³-hybridized carbons (Fsp3) is 0.310. The molecular formula is C29H29N5O7S. The van der Waals surface area contributed by atoms with E-state index in [2.05, 4.69) is 15.3 Å². The van der Waals surface area contributed by atoms with Crippen LogP contribution in [-0.2, 0) is 14.6 Å². The van der Waals surface area contributed by atoms with Crippen LogP contribution in [-0.4, -0.2) is 49.0 Å². The Hall–Kier alpha value is -4.49. The van der Waals surface area contributed by atoms with Crippen molar-refractivity contribution in [3.63, 3.8) is 0 Å². The molecule has 2 fully saturated rings. The second-order valence-corrected chi connectivity index (χ2v) is 12.9. The highest BCUT2D eigenvalue weighted by Gasteiger charge is 2.41. The third-order valence-corrected chi connectivity index (χ3v) is 9.94. The van der Waals surface area contributed by atoms with Crippen LogP contribution in [0.3, 0.4) is 0 Å². The SMILES string of the molecule is NC(=O)c1cccc(S(=O)(=O)c2ccc(NCC3CCC4(CC3)COC4)c([N+](=O)[O-])c2)c1Oc1cnc2[nH]ccc2c1. The molecule has 42 heavy (non-hydrogen) atoms. The van der Waals surface area contributed by atoms with Gasteiger partial charge < -0.3 is 25.5 Å². The molecule has 1 aliphatic carbocycles. The zero-order valence-corrected chi connectivity index (χ0v) is 23.4. The lowest BCUT2D eigenvalue weighted by atomic mass is 9.69. The molecule has 6 rings (SSSR count). The number of H-pyrrole nitrogens is 1. The number of hydrogen-bond donors (Lipinski definition) is 3. The first-order valence-electron chi connectivity index (χ1n) is 13.5. The number of nitro groups is 1. The zero-order chi connectivity index (χ0) is 29.5. The summed E-state index contributed by atoms with van der Waals surface area (Å²) in [4.78, 5) is 30.2. The van der Waals surface area contributed by atoms with Gasteiger partial charge in [0.2, 0.25) is 9.84 Å². The molecule has 13 heteroatoms. The van der Waals surface area contributed by atoms with Crippen molar-refractivity contribution >= 4 is 38.2 Å². The molecule has 2 aliphatic rings. The van der Waals surface area contributed by atoms with Gasteiger partial charge in [-0.2, -0.15) is 0 Å². The van der Waals surface area contributed by atoms with Gasteiger partial charge in [-0.1, -0.05) is 6.07 Å². The van der Waals surface area contributed by atoms with Crippen molar-refractivity contribution in [1.29, 1.82) is 0 Å². The van der Waals surface area contributed by atoms with E-state index >= 15 is 0 Å². The molecule has 1 aliphatic heterocycles. The van der Waals surface area contributed by atoms with Crippen LogP contribution in [0, 0.1) is 21.4 Å². The summed E-state index contributed by atoms with van der Waals surface area (Å²) in [7, 11) is -4.40. The maximum absolute atomic E-state index is 13.9. The molecule has 0 radical (unpaired) electrons. The average Bonchev–Trinajstić information content (AvgIpc) is 3.43. The first-order valence-corrected chi connectivity index (χ1v) is 15.0. The van der Waals surface area contributed by atoms with E-state index < -0.39 is 20.7 Å². The number of carbonyl (C=O) groups is 1. The molecule has 1 saturated heterocycles. The van der Waals surface area contributed by atoms with Crippen LogP contribution in [0.2, 0.25) is 0 Å². The Balaban J connectivity index is 1.29. The molecule has 12 nitrogen and oxygen atoms in total. The minimum absolute atomic E-state index is 0.166. The van der Waals surface area contributed by atoms with Gasteiger partial charge in [0.25, 0.3) is 11.6 Å². The van der Waals surface area contributed by atoms with Crippen molar-refractivity contribution < 1.29 is 27.6 Å². The number of sulfone groups is 1. The maximum Gasteiger partial charge on any atom is 0.293 e. The minimum atomic E-state index is -4.40. The van der Waals surface area contributed by atoms with Crippen molar-refractivity contribution in [1.82, 2.24) is 9.97 Å². The number of pyridine rings is 1. The van der Waals surface area contributed by atoms with E-state index in [1.807, 2.05) is 0 Å². The van der Waals surface area contributed by atoms with Crippen LogP contribution in [0.15, 0.2) is 70.7 Å². The van der Waals surface area contributed by atoms with Gasteiger partial charge in [0.05, 0.1) is 34.8 Å². The van der Waals surface area contributed by atoms with Crippen molar-refractivity contribution in [3.05, 3.63) is 76.6 Å². The zero-order valence-electron chi connectivity index (χ0n) is 22.5. The van der Waals surface area contributed by atoms with E-state index in [0.29, 0.717) is 28.9 Å². The summed E-state index contributed by atoms with van der Waals surface area (Å²) in [5, 5.41) is 15.9. The van der Waals surface area contributed by atoms with Crippen LogP contribution < -0.4 is 15.8 Å². The van der Waals surface area contributed by atoms with Gasteiger partial charge in [0, 0.05) is 29.6 Å². The first kappa shape index (κ1) is 27.7. The van der Waals surface area contributed by atoms with Gasteiger partial charge in [0.1, 0.15) is 22.0 Å². The number of nitrogens with one attached hydrogen (secondary N) is 2. The number of nitro benzene ring substituents is 1. The fourth-order valence-corrected chi connectivity index (χ4v) is 7.08. The van der Waals surface area contributed by atoms with Crippen LogP contribution >= 0.6 is 0 Å². The predicted molar refractivity (Wildman–Crippen MR) is 153 cm³/mol. The van der Waals surface area contributed by atoms with Crippen LogP contribution in [0.1, 0.15) is 36.0 Å². The van der Waals surface area contributed by atoms with Gasteiger partial charge in [-0.05, 0) is 68.0 Å². The van der Waals surface area contributed by atoms with Crippen molar-refractivity contribution in [3.8, 4) is 11.5 Å². The van der Waals surface area contributed by atoms with Crippen molar-refractivity contribution in [2.45, 2.75) is 35.5 Å². The number of benzene rings is 2. The lowest BCUT2D eigenvalue weighted by molar-refractivity contribution is -0.384. The summed E-state index contributed by atoms with van der Waals surface area (Å²) < 4.78 is 39.0. The third-order valence-electron chi connectivity index (χ3n) is 8.17. The number of fused-ring (bicyclic) bond motifs is 1. The average molecular weight is 592 g/mol. The highest BCUT2D eigenvalue weighted by atomic mass is 32.2. The number of anilines is 1. The number of aromatic amines is 1. The Bertz CT molecular complexity index is 1790. The normalized spacial score (nSPS) is 16.7. The van der Waals surface area contributed by atoms with E-state index in [-0.39, 0.29) is 38.2 Å². The molecule has 3 heterocycles. The van der Waals surface area contributed by atoms with E-state index in [1.165, 1.54) is 36.5 Å². The number of primary amides is 1. The van der Waals surface area contributed by atoms with E-state index in [9.17, 15) is 23.3 Å². The fourth-order valence-electron chi connectivity index (χ4n) is 5.65. The first-order chi connectivity index (χ1) is 20.1. The quantitative estimate of drug-likeness (QED) is 0.182. The Kier molecular flexibility index (Phi) is 7.07. The van der Waals surface area contributed by atoms with Gasteiger partial charge in [-0.15, -0.1) is 0 Å². The van der Waals surface area contributed by atoms with E-state index in [1.54, 1.807) is 18.3 Å². The molecular weight excluding hydrogens is 562 g/mol. The number of nitrogens with zero attached hydrogens (tertiary/aromatic N) is 2. The molecule has 218 valence electrons. The number of carbonyl (C=O) groups excluding carboxylic acids is 1. The summed E-state index contributed by atoms with van der Waals surface area (Å²) in [5.74, 6) is -0.660. The van der Waals surface area contributed by atoms with E-state index in [4.69, 9.17) is 15.2 Å². The highest BCUT2D eigenvalue weighted by molar-refractivity contribution is 7.91. The monoisotopic (exact) mass is 591 g/mol. The number of nitrogens with two attached hydrogens (primary N) is 1. The smallest absolute Gasteiger partial charge is 0.293 e. The van der Waals surface area contributed by atoms with Crippen molar-refractivity contribution in [2.24, 2.45) is 17.1 Å². The predicted octanol–water partition coefficient (Wildman–Crippen LogP) is 4.81. The molecule has 4 N–H and O–H groups in total. The van der Waals surface area contributed by atoms with Crippen LogP contribution in [0.5, 0.6) is 11.5 Å². The molecule has 1 spiro atoms. The number of amides is 1. The van der Waals surface area contributed by atoms with Gasteiger partial charge in [-0.3, -0.25) is 14.9 Å². The molecule has 2 aromatic carbocycles. The molecule has 4 aromatic rings. The van der Waals surface area contributed by atoms with Gasteiger partial charge in [-0.25, -0.2) is 13.4 Å². The standard InChI is InChI=1S/C29H29N5O7S/c30-27(35)22-2-1-3-25(26(22)41-20-12-19-8-11-31-28(19)33-15-20)42(38,39)21-4-5-23(24(13-21)34(36)37)32-14-18-6-9-29(10-7-18)16-40-17-29/h1-5,8,11-13,15,18,32H,6-7,9-10,14,16-17H2,(H2,30,35)(H,31,33). The molecule has 0 atom stereocenters. The Labute approximate surface area is 241 Å². The number of ether oxygens (including phenoxy) is 2. The number of para-hydroxylation sites is 1. The highest BCUT2D eigenvalue weighted by Crippen LogP contribution is 2.44.